The van der Waals surface area contributed by atoms with E-state index in [4.69, 9.17) is 19.9 Å². The van der Waals surface area contributed by atoms with Gasteiger partial charge in [0.05, 0.1) is 7.11 Å². The van der Waals surface area contributed by atoms with E-state index < -0.39 is 0 Å². The number of rotatable bonds is 3. The van der Waals surface area contributed by atoms with Gasteiger partial charge in [0.2, 0.25) is 11.7 Å². The summed E-state index contributed by atoms with van der Waals surface area (Å²) in [5, 5.41) is 0. The summed E-state index contributed by atoms with van der Waals surface area (Å²) in [6.07, 6.45) is 5.28. The van der Waals surface area contributed by atoms with E-state index in [2.05, 4.69) is 0 Å². The molecule has 0 bridgehead atoms. The van der Waals surface area contributed by atoms with Gasteiger partial charge < -0.3 is 24.8 Å². The Hall–Kier alpha value is -2.21. The van der Waals surface area contributed by atoms with Gasteiger partial charge in [-0.1, -0.05) is 0 Å². The van der Waals surface area contributed by atoms with Crippen molar-refractivity contribution in [2.75, 3.05) is 33.4 Å². The second-order valence-corrected chi connectivity index (χ2v) is 5.77. The lowest BCUT2D eigenvalue weighted by molar-refractivity contribution is -0.127. The number of carbonyl (C=O) groups is 1. The topological polar surface area (TPSA) is 74.0 Å². The van der Waals surface area contributed by atoms with Crippen molar-refractivity contribution in [3.63, 3.8) is 0 Å². The molecule has 2 aliphatic heterocycles. The first-order chi connectivity index (χ1) is 11.2. The fourth-order valence-corrected chi connectivity index (χ4v) is 2.87. The highest BCUT2D eigenvalue weighted by molar-refractivity contribution is 5.92. The average molecular weight is 318 g/mol. The molecule has 124 valence electrons. The number of nitrogens with two attached hydrogens (primary N) is 1. The van der Waals surface area contributed by atoms with E-state index in [1.807, 2.05) is 12.1 Å². The molecule has 0 aromatic heterocycles. The highest BCUT2D eigenvalue weighted by Gasteiger charge is 2.20. The SMILES string of the molecule is COc1cc(/C=C/C(=O)N2CCCC(N)C2)cc2c1OCCO2. The van der Waals surface area contributed by atoms with Gasteiger partial charge in [0.25, 0.3) is 0 Å². The molecule has 0 radical (unpaired) electrons. The van der Waals surface area contributed by atoms with E-state index in [0.29, 0.717) is 37.0 Å². The van der Waals surface area contributed by atoms with Crippen molar-refractivity contribution in [3.05, 3.63) is 23.8 Å². The summed E-state index contributed by atoms with van der Waals surface area (Å²) in [6.45, 7) is 2.40. The Morgan fingerprint density at radius 3 is 3.00 bits per heavy atom. The van der Waals surface area contributed by atoms with Crippen LogP contribution in [-0.4, -0.2) is 50.3 Å². The predicted octanol–water partition coefficient (Wildman–Crippen LogP) is 1.43. The van der Waals surface area contributed by atoms with Gasteiger partial charge in [-0.25, -0.2) is 0 Å². The van der Waals surface area contributed by atoms with E-state index >= 15 is 0 Å². The Bertz CT molecular complexity index is 598. The number of ether oxygens (including phenoxy) is 3. The third-order valence-corrected chi connectivity index (χ3v) is 4.04. The first-order valence-corrected chi connectivity index (χ1v) is 7.87. The minimum Gasteiger partial charge on any atom is -0.493 e. The Kier molecular flexibility index (Phi) is 4.71. The average Bonchev–Trinajstić information content (AvgIpc) is 2.58. The Balaban J connectivity index is 1.75. The monoisotopic (exact) mass is 318 g/mol. The fourth-order valence-electron chi connectivity index (χ4n) is 2.87. The quantitative estimate of drug-likeness (QED) is 0.854. The van der Waals surface area contributed by atoms with Crippen LogP contribution in [0.1, 0.15) is 18.4 Å². The minimum absolute atomic E-state index is 0.0194. The molecule has 6 heteroatoms. The molecule has 0 aliphatic carbocycles. The number of fused-ring (bicyclic) bond motifs is 1. The van der Waals surface area contributed by atoms with Gasteiger partial charge in [-0.15, -0.1) is 0 Å². The number of methoxy groups -OCH3 is 1. The fraction of sp³-hybridized carbons (Fsp3) is 0.471. The Morgan fingerprint density at radius 2 is 2.22 bits per heavy atom. The molecule has 1 fully saturated rings. The normalized spacial score (nSPS) is 20.6. The van der Waals surface area contributed by atoms with Crippen LogP contribution in [0.5, 0.6) is 17.2 Å². The minimum atomic E-state index is -0.0194. The van der Waals surface area contributed by atoms with E-state index in [1.54, 1.807) is 24.2 Å². The van der Waals surface area contributed by atoms with Gasteiger partial charge in [-0.2, -0.15) is 0 Å². The van der Waals surface area contributed by atoms with Crippen molar-refractivity contribution in [3.8, 4) is 17.2 Å². The largest absolute Gasteiger partial charge is 0.493 e. The summed E-state index contributed by atoms with van der Waals surface area (Å²) in [5.74, 6) is 1.84. The number of benzene rings is 1. The zero-order valence-electron chi connectivity index (χ0n) is 13.3. The van der Waals surface area contributed by atoms with Crippen LogP contribution in [0.15, 0.2) is 18.2 Å². The molecule has 0 saturated carbocycles. The molecule has 6 nitrogen and oxygen atoms in total. The molecule has 2 N–H and O–H groups in total. The van der Waals surface area contributed by atoms with Crippen molar-refractivity contribution < 1.29 is 19.0 Å². The van der Waals surface area contributed by atoms with Crippen LogP contribution in [0, 0.1) is 0 Å². The summed E-state index contributed by atoms with van der Waals surface area (Å²) in [5.41, 5.74) is 6.75. The lowest BCUT2D eigenvalue weighted by Gasteiger charge is -2.29. The summed E-state index contributed by atoms with van der Waals surface area (Å²) in [7, 11) is 1.58. The van der Waals surface area contributed by atoms with Crippen molar-refractivity contribution in [1.82, 2.24) is 4.90 Å². The van der Waals surface area contributed by atoms with Gasteiger partial charge in [0.15, 0.2) is 11.5 Å². The van der Waals surface area contributed by atoms with Crippen LogP contribution in [0.2, 0.25) is 0 Å². The lowest BCUT2D eigenvalue weighted by Crippen LogP contribution is -2.45. The smallest absolute Gasteiger partial charge is 0.246 e. The molecule has 1 aromatic carbocycles. The Morgan fingerprint density at radius 1 is 1.39 bits per heavy atom. The number of carbonyl (C=O) groups excluding carboxylic acids is 1. The van der Waals surface area contributed by atoms with Crippen molar-refractivity contribution in [2.45, 2.75) is 18.9 Å². The molecule has 1 saturated heterocycles. The van der Waals surface area contributed by atoms with E-state index in [-0.39, 0.29) is 11.9 Å². The number of likely N-dealkylation sites (tertiary alicyclic amines) is 1. The molecule has 1 atom stereocenters. The zero-order valence-corrected chi connectivity index (χ0v) is 13.3. The number of hydrogen-bond acceptors (Lipinski definition) is 5. The maximum Gasteiger partial charge on any atom is 0.246 e. The molecule has 1 unspecified atom stereocenters. The van der Waals surface area contributed by atoms with Gasteiger partial charge >= 0.3 is 0 Å². The number of amides is 1. The molecule has 1 aromatic rings. The van der Waals surface area contributed by atoms with Gasteiger partial charge in [0, 0.05) is 25.2 Å². The maximum absolute atomic E-state index is 12.3. The van der Waals surface area contributed by atoms with Gasteiger partial charge in [-0.3, -0.25) is 4.79 Å². The van der Waals surface area contributed by atoms with Crippen LogP contribution < -0.4 is 19.9 Å². The molecule has 2 heterocycles. The van der Waals surface area contributed by atoms with Crippen LogP contribution in [-0.2, 0) is 4.79 Å². The first kappa shape index (κ1) is 15.7. The first-order valence-electron chi connectivity index (χ1n) is 7.87. The number of nitrogens with zero attached hydrogens (tertiary/aromatic N) is 1. The van der Waals surface area contributed by atoms with Crippen LogP contribution >= 0.6 is 0 Å². The molecule has 23 heavy (non-hydrogen) atoms. The van der Waals surface area contributed by atoms with Crippen LogP contribution in [0.3, 0.4) is 0 Å². The maximum atomic E-state index is 12.3. The predicted molar refractivity (Wildman–Crippen MR) is 86.8 cm³/mol. The third kappa shape index (κ3) is 3.59. The molecular weight excluding hydrogens is 296 g/mol. The number of hydrogen-bond donors (Lipinski definition) is 1. The summed E-state index contributed by atoms with van der Waals surface area (Å²) in [4.78, 5) is 14.0. The zero-order chi connectivity index (χ0) is 16.2. The summed E-state index contributed by atoms with van der Waals surface area (Å²) < 4.78 is 16.5. The standard InChI is InChI=1S/C17H22N2O4/c1-21-14-9-12(10-15-17(14)23-8-7-22-15)4-5-16(20)19-6-2-3-13(18)11-19/h4-5,9-10,13H,2-3,6-8,11,18H2,1H3/b5-4+. The highest BCUT2D eigenvalue weighted by Crippen LogP contribution is 2.40. The highest BCUT2D eigenvalue weighted by atomic mass is 16.6. The van der Waals surface area contributed by atoms with Crippen LogP contribution in [0.25, 0.3) is 6.08 Å². The summed E-state index contributed by atoms with van der Waals surface area (Å²) in [6, 6.07) is 3.76. The van der Waals surface area contributed by atoms with Gasteiger partial charge in [0.1, 0.15) is 13.2 Å². The van der Waals surface area contributed by atoms with E-state index in [9.17, 15) is 4.79 Å². The van der Waals surface area contributed by atoms with Crippen molar-refractivity contribution in [1.29, 1.82) is 0 Å². The second kappa shape index (κ2) is 6.91. The second-order valence-electron chi connectivity index (χ2n) is 5.77. The molecule has 0 spiro atoms. The van der Waals surface area contributed by atoms with Crippen molar-refractivity contribution >= 4 is 12.0 Å². The molecular formula is C17H22N2O4. The molecule has 1 amide bonds. The molecule has 2 aliphatic rings. The number of piperidine rings is 1. The van der Waals surface area contributed by atoms with E-state index in [0.717, 1.165) is 24.9 Å². The Labute approximate surface area is 135 Å². The third-order valence-electron chi connectivity index (χ3n) is 4.04. The van der Waals surface area contributed by atoms with Gasteiger partial charge in [-0.05, 0) is 36.6 Å². The van der Waals surface area contributed by atoms with E-state index in [1.165, 1.54) is 0 Å². The molecule has 3 rings (SSSR count). The van der Waals surface area contributed by atoms with Crippen LogP contribution in [0.4, 0.5) is 0 Å². The lowest BCUT2D eigenvalue weighted by atomic mass is 10.1. The summed E-state index contributed by atoms with van der Waals surface area (Å²) >= 11 is 0. The van der Waals surface area contributed by atoms with Crippen molar-refractivity contribution in [2.24, 2.45) is 5.73 Å².